The summed E-state index contributed by atoms with van der Waals surface area (Å²) in [5, 5.41) is 1.99. The molecule has 12 aromatic carbocycles. The third-order valence-corrected chi connectivity index (χ3v) is 18.8. The van der Waals surface area contributed by atoms with Crippen LogP contribution in [-0.2, 0) is 22.7 Å². The molecule has 460 valence electrons. The van der Waals surface area contributed by atoms with E-state index in [4.69, 9.17) is 86.3 Å². The van der Waals surface area contributed by atoms with Gasteiger partial charge in [-0.25, -0.2) is 39.9 Å². The summed E-state index contributed by atoms with van der Waals surface area (Å²) in [6.45, 7) is 0. The second-order valence-corrected chi connectivity index (χ2v) is 24.8. The number of hydrogen-bond donors (Lipinski definition) is 0. The SMILES string of the molecule is Clc1ccccc1C1(C2(c3ccccc3Cl)N=C(c3ccccc3)C(c3ccccc3)=N2)N=C(c2ccccc2)C(c2ccccc2)=N1.Clc1ccccc1C1(C2(c3ccccc3Cl)N=C(c3ccccc3)C(c3ccccc3)=N2)N=C(c2ccccc2)C(c2ccccc2)=N1. The molecule has 12 aromatic rings. The van der Waals surface area contributed by atoms with Gasteiger partial charge in [-0.1, -0.05) is 362 Å². The Balaban J connectivity index is 0.000000158. The molecule has 0 aliphatic carbocycles. The van der Waals surface area contributed by atoms with E-state index in [2.05, 4.69) is 0 Å². The molecule has 0 radical (unpaired) electrons. The van der Waals surface area contributed by atoms with Gasteiger partial charge >= 0.3 is 0 Å². The van der Waals surface area contributed by atoms with E-state index in [1.165, 1.54) is 0 Å². The van der Waals surface area contributed by atoms with E-state index < -0.39 is 22.7 Å². The molecule has 4 aliphatic heterocycles. The highest BCUT2D eigenvalue weighted by Crippen LogP contribution is 2.59. The molecule has 16 rings (SSSR count). The first-order chi connectivity index (χ1) is 47.2. The van der Waals surface area contributed by atoms with Crippen LogP contribution >= 0.6 is 46.4 Å². The quantitative estimate of drug-likeness (QED) is 0.104. The summed E-state index contributed by atoms with van der Waals surface area (Å²) < 4.78 is 0. The Kier molecular flexibility index (Phi) is 16.7. The lowest BCUT2D eigenvalue weighted by molar-refractivity contribution is 0.257. The second kappa shape index (κ2) is 26.2. The molecule has 0 aromatic heterocycles. The normalized spacial score (nSPS) is 16.1. The number of hydrogen-bond acceptors (Lipinski definition) is 8. The van der Waals surface area contributed by atoms with E-state index in [9.17, 15) is 0 Å². The van der Waals surface area contributed by atoms with Crippen molar-refractivity contribution in [3.8, 4) is 0 Å². The predicted molar refractivity (Wildman–Crippen MR) is 396 cm³/mol. The maximum Gasteiger partial charge on any atom is 0.227 e. The Morgan fingerprint density at radius 1 is 0.146 bits per heavy atom. The first kappa shape index (κ1) is 61.3. The number of halogens is 4. The minimum atomic E-state index is -1.50. The topological polar surface area (TPSA) is 98.9 Å². The highest BCUT2D eigenvalue weighted by atomic mass is 35.5. The Hall–Kier alpha value is -10.8. The molecule has 4 aliphatic rings. The van der Waals surface area contributed by atoms with Gasteiger partial charge in [0.15, 0.2) is 0 Å². The predicted octanol–water partition coefficient (Wildman–Crippen LogP) is 20.0. The third kappa shape index (κ3) is 10.9. The van der Waals surface area contributed by atoms with Crippen molar-refractivity contribution < 1.29 is 0 Å². The first-order valence-corrected chi connectivity index (χ1v) is 32.9. The van der Waals surface area contributed by atoms with Gasteiger partial charge in [0, 0.05) is 86.9 Å². The molecule has 96 heavy (non-hydrogen) atoms. The van der Waals surface area contributed by atoms with Crippen molar-refractivity contribution in [3.63, 3.8) is 0 Å². The van der Waals surface area contributed by atoms with Gasteiger partial charge in [-0.3, -0.25) is 0 Å². The van der Waals surface area contributed by atoms with Gasteiger partial charge in [-0.2, -0.15) is 0 Å². The summed E-state index contributed by atoms with van der Waals surface area (Å²) in [4.78, 5) is 45.3. The number of rotatable bonds is 14. The van der Waals surface area contributed by atoms with Crippen molar-refractivity contribution in [1.29, 1.82) is 0 Å². The van der Waals surface area contributed by atoms with Crippen molar-refractivity contribution in [2.24, 2.45) is 39.9 Å². The van der Waals surface area contributed by atoms with Crippen LogP contribution in [0.15, 0.2) is 380 Å². The van der Waals surface area contributed by atoms with Crippen LogP contribution in [0.5, 0.6) is 0 Å². The van der Waals surface area contributed by atoms with E-state index in [1.54, 1.807) is 0 Å². The van der Waals surface area contributed by atoms with Gasteiger partial charge in [-0.05, 0) is 24.3 Å². The molecule has 12 heteroatoms. The molecule has 0 fully saturated rings. The lowest BCUT2D eigenvalue weighted by Gasteiger charge is -2.39. The molecule has 0 saturated heterocycles. The second-order valence-electron chi connectivity index (χ2n) is 23.2. The summed E-state index contributed by atoms with van der Waals surface area (Å²) in [6.07, 6.45) is 0. The Labute approximate surface area is 577 Å². The van der Waals surface area contributed by atoms with Crippen molar-refractivity contribution in [1.82, 2.24) is 0 Å². The van der Waals surface area contributed by atoms with Gasteiger partial charge in [-0.15, -0.1) is 0 Å². The zero-order valence-corrected chi connectivity index (χ0v) is 54.4. The number of nitrogens with zero attached hydrogens (tertiary/aromatic N) is 8. The Morgan fingerprint density at radius 3 is 0.385 bits per heavy atom. The highest BCUT2D eigenvalue weighted by Gasteiger charge is 2.63. The van der Waals surface area contributed by atoms with Crippen molar-refractivity contribution in [2.75, 3.05) is 0 Å². The number of benzene rings is 12. The third-order valence-electron chi connectivity index (χ3n) is 17.4. The zero-order chi connectivity index (χ0) is 65.1. The fraction of sp³-hybridized carbons (Fsp3) is 0.0476. The Morgan fingerprint density at radius 2 is 0.260 bits per heavy atom. The minimum Gasteiger partial charge on any atom is -0.243 e. The van der Waals surface area contributed by atoms with Crippen molar-refractivity contribution in [2.45, 2.75) is 22.7 Å². The van der Waals surface area contributed by atoms with Crippen LogP contribution in [-0.4, -0.2) is 45.7 Å². The average Bonchev–Trinajstić information content (AvgIpc) is 1.48. The fourth-order valence-corrected chi connectivity index (χ4v) is 14.1. The summed E-state index contributed by atoms with van der Waals surface area (Å²) in [5.41, 5.74) is 9.75. The van der Waals surface area contributed by atoms with Crippen LogP contribution in [0, 0.1) is 0 Å². The summed E-state index contributed by atoms with van der Waals surface area (Å²) >= 11 is 28.7. The monoisotopic (exact) mass is 1320 g/mol. The van der Waals surface area contributed by atoms with Crippen LogP contribution < -0.4 is 0 Å². The molecule has 0 bridgehead atoms. The van der Waals surface area contributed by atoms with E-state index in [0.717, 1.165) is 44.5 Å². The smallest absolute Gasteiger partial charge is 0.227 e. The van der Waals surface area contributed by atoms with Gasteiger partial charge in [0.25, 0.3) is 0 Å². The molecule has 0 atom stereocenters. The average molecular weight is 1320 g/mol. The van der Waals surface area contributed by atoms with E-state index >= 15 is 0 Å². The maximum absolute atomic E-state index is 7.19. The van der Waals surface area contributed by atoms with E-state index in [1.807, 2.05) is 340 Å². The molecule has 8 nitrogen and oxygen atoms in total. The summed E-state index contributed by atoms with van der Waals surface area (Å²) in [6, 6.07) is 112. The maximum atomic E-state index is 7.19. The molecular weight excluding hydrogens is 1260 g/mol. The lowest BCUT2D eigenvalue weighted by atomic mass is 9.82. The Bertz CT molecular complexity index is 4270. The van der Waals surface area contributed by atoms with E-state index in [-0.39, 0.29) is 0 Å². The van der Waals surface area contributed by atoms with Crippen molar-refractivity contribution >= 4 is 92.1 Å². The summed E-state index contributed by atoms with van der Waals surface area (Å²) in [5.74, 6) is 0. The van der Waals surface area contributed by atoms with Crippen molar-refractivity contribution in [3.05, 3.63) is 427 Å². The molecule has 0 saturated carbocycles. The zero-order valence-electron chi connectivity index (χ0n) is 51.4. The van der Waals surface area contributed by atoms with E-state index in [0.29, 0.717) is 88.0 Å². The standard InChI is InChI=1S/2C42H28Cl2N4/c2*43-35-27-15-13-25-33(35)41(45-37(29-17-5-1-6-18-29)38(46-41)30-19-7-2-8-20-30)42(34-26-14-16-28-36(34)44)47-39(31-21-9-3-10-22-31)40(48-42)32-23-11-4-12-24-32/h2*1-28H. The minimum absolute atomic E-state index is 0.498. The van der Waals surface area contributed by atoms with Gasteiger partial charge in [0.2, 0.25) is 22.7 Å². The molecule has 0 N–H and O–H groups in total. The fourth-order valence-electron chi connectivity index (χ4n) is 13.0. The molecular formula is C84H56Cl4N8. The van der Waals surface area contributed by atoms with Crippen LogP contribution in [0.4, 0.5) is 0 Å². The number of aliphatic imine (C=N–C) groups is 8. The van der Waals surface area contributed by atoms with Gasteiger partial charge < -0.3 is 0 Å². The van der Waals surface area contributed by atoms with Crippen LogP contribution in [0.2, 0.25) is 20.1 Å². The molecule has 0 spiro atoms. The van der Waals surface area contributed by atoms with Crippen LogP contribution in [0.25, 0.3) is 0 Å². The molecule has 0 amide bonds. The molecule has 0 unspecified atom stereocenters. The van der Waals surface area contributed by atoms with Gasteiger partial charge in [0.05, 0.1) is 45.7 Å². The largest absolute Gasteiger partial charge is 0.243 e. The highest BCUT2D eigenvalue weighted by molar-refractivity contribution is 6.57. The van der Waals surface area contributed by atoms with Crippen LogP contribution in [0.1, 0.15) is 66.8 Å². The van der Waals surface area contributed by atoms with Gasteiger partial charge in [0.1, 0.15) is 0 Å². The summed E-state index contributed by atoms with van der Waals surface area (Å²) in [7, 11) is 0. The first-order valence-electron chi connectivity index (χ1n) is 31.4. The lowest BCUT2D eigenvalue weighted by Crippen LogP contribution is -2.43. The molecule has 4 heterocycles. The van der Waals surface area contributed by atoms with Crippen LogP contribution in [0.3, 0.4) is 0 Å².